The molecule has 0 atom stereocenters. The molecule has 1 aromatic heterocycles. The van der Waals surface area contributed by atoms with Gasteiger partial charge in [0, 0.05) is 11.8 Å². The smallest absolute Gasteiger partial charge is 0.266 e. The number of thioether (sulfide) groups is 1. The van der Waals surface area contributed by atoms with Gasteiger partial charge < -0.3 is 5.32 Å². The summed E-state index contributed by atoms with van der Waals surface area (Å²) in [7, 11) is 0. The van der Waals surface area contributed by atoms with Gasteiger partial charge in [0.25, 0.3) is 5.56 Å². The van der Waals surface area contributed by atoms with Gasteiger partial charge in [0.15, 0.2) is 5.16 Å². The highest BCUT2D eigenvalue weighted by molar-refractivity contribution is 7.99. The predicted molar refractivity (Wildman–Crippen MR) is 122 cm³/mol. The second kappa shape index (κ2) is 9.32. The third-order valence-electron chi connectivity index (χ3n) is 4.87. The standard InChI is InChI=1S/C24H19F2N3O2S/c1-2-15-7-10-17(11-8-15)27-22(30)14-32-24-28-20-6-4-3-5-18(20)23(31)29(24)21-12-9-16(25)13-19(21)26/h3-13H,2,14H2,1H3,(H,27,30). The van der Waals surface area contributed by atoms with Crippen LogP contribution in [0.15, 0.2) is 76.7 Å². The van der Waals surface area contributed by atoms with E-state index in [0.29, 0.717) is 22.7 Å². The molecule has 0 aliphatic carbocycles. The third kappa shape index (κ3) is 4.55. The number of halogens is 2. The molecule has 0 aliphatic heterocycles. The second-order valence-corrected chi connectivity index (χ2v) is 7.98. The molecule has 0 radical (unpaired) electrons. The maximum Gasteiger partial charge on any atom is 0.266 e. The van der Waals surface area contributed by atoms with Crippen molar-refractivity contribution in [2.24, 2.45) is 0 Å². The number of aryl methyl sites for hydroxylation is 1. The summed E-state index contributed by atoms with van der Waals surface area (Å²) >= 11 is 0.998. The zero-order valence-corrected chi connectivity index (χ0v) is 18.0. The summed E-state index contributed by atoms with van der Waals surface area (Å²) in [5.74, 6) is -2.00. The lowest BCUT2D eigenvalue weighted by atomic mass is 10.1. The molecule has 8 heteroatoms. The summed E-state index contributed by atoms with van der Waals surface area (Å²) in [6.45, 7) is 2.05. The summed E-state index contributed by atoms with van der Waals surface area (Å²) in [6.07, 6.45) is 0.898. The number of anilines is 1. The number of rotatable bonds is 6. The van der Waals surface area contributed by atoms with Gasteiger partial charge in [-0.05, 0) is 48.4 Å². The lowest BCUT2D eigenvalue weighted by Crippen LogP contribution is -2.23. The van der Waals surface area contributed by atoms with Gasteiger partial charge in [-0.3, -0.25) is 14.2 Å². The highest BCUT2D eigenvalue weighted by Crippen LogP contribution is 2.23. The molecule has 0 bridgehead atoms. The highest BCUT2D eigenvalue weighted by atomic mass is 32.2. The summed E-state index contributed by atoms with van der Waals surface area (Å²) in [4.78, 5) is 30.1. The normalized spacial score (nSPS) is 11.0. The summed E-state index contributed by atoms with van der Waals surface area (Å²) in [5, 5.41) is 3.22. The lowest BCUT2D eigenvalue weighted by molar-refractivity contribution is -0.113. The summed E-state index contributed by atoms with van der Waals surface area (Å²) < 4.78 is 29.0. The Bertz CT molecular complexity index is 1350. The quantitative estimate of drug-likeness (QED) is 0.333. The minimum atomic E-state index is -0.897. The Labute approximate surface area is 187 Å². The van der Waals surface area contributed by atoms with E-state index in [4.69, 9.17) is 0 Å². The van der Waals surface area contributed by atoms with Crippen LogP contribution in [0.4, 0.5) is 14.5 Å². The van der Waals surface area contributed by atoms with Gasteiger partial charge in [-0.1, -0.05) is 43.0 Å². The number of hydrogen-bond acceptors (Lipinski definition) is 4. The average molecular weight is 451 g/mol. The number of para-hydroxylation sites is 1. The molecule has 3 aromatic carbocycles. The van der Waals surface area contributed by atoms with E-state index < -0.39 is 17.2 Å². The second-order valence-electron chi connectivity index (χ2n) is 7.04. The average Bonchev–Trinajstić information content (AvgIpc) is 2.79. The molecule has 0 fully saturated rings. The van der Waals surface area contributed by atoms with Gasteiger partial charge in [-0.25, -0.2) is 13.8 Å². The first-order valence-electron chi connectivity index (χ1n) is 9.95. The van der Waals surface area contributed by atoms with E-state index in [1.165, 1.54) is 6.07 Å². The van der Waals surface area contributed by atoms with Gasteiger partial charge in [-0.15, -0.1) is 0 Å². The van der Waals surface area contributed by atoms with Crippen LogP contribution < -0.4 is 10.9 Å². The lowest BCUT2D eigenvalue weighted by Gasteiger charge is -2.14. The van der Waals surface area contributed by atoms with Gasteiger partial charge in [-0.2, -0.15) is 0 Å². The molecular weight excluding hydrogens is 432 g/mol. The third-order valence-corrected chi connectivity index (χ3v) is 5.81. The molecule has 0 unspecified atom stereocenters. The highest BCUT2D eigenvalue weighted by Gasteiger charge is 2.17. The molecule has 32 heavy (non-hydrogen) atoms. The molecule has 0 saturated carbocycles. The fourth-order valence-electron chi connectivity index (χ4n) is 3.24. The Morgan fingerprint density at radius 2 is 1.81 bits per heavy atom. The molecular formula is C24H19F2N3O2S. The van der Waals surface area contributed by atoms with E-state index in [9.17, 15) is 18.4 Å². The van der Waals surface area contributed by atoms with E-state index in [0.717, 1.165) is 34.4 Å². The Morgan fingerprint density at radius 3 is 2.53 bits per heavy atom. The maximum atomic E-state index is 14.5. The van der Waals surface area contributed by atoms with Crippen molar-refractivity contribution in [2.45, 2.75) is 18.5 Å². The minimum Gasteiger partial charge on any atom is -0.325 e. The largest absolute Gasteiger partial charge is 0.325 e. The van der Waals surface area contributed by atoms with Crippen LogP contribution in [0.3, 0.4) is 0 Å². The van der Waals surface area contributed by atoms with Crippen molar-refractivity contribution >= 4 is 34.3 Å². The summed E-state index contributed by atoms with van der Waals surface area (Å²) in [6, 6.07) is 17.1. The van der Waals surface area contributed by atoms with E-state index >= 15 is 0 Å². The Balaban J connectivity index is 1.66. The first kappa shape index (κ1) is 21.7. The number of carbonyl (C=O) groups is 1. The van der Waals surface area contributed by atoms with Crippen LogP contribution in [0, 0.1) is 11.6 Å². The summed E-state index contributed by atoms with van der Waals surface area (Å²) in [5.41, 5.74) is 1.60. The maximum absolute atomic E-state index is 14.5. The van der Waals surface area contributed by atoms with Crippen molar-refractivity contribution in [3.63, 3.8) is 0 Å². The minimum absolute atomic E-state index is 0.0525. The molecule has 4 aromatic rings. The van der Waals surface area contributed by atoms with Crippen molar-refractivity contribution in [1.29, 1.82) is 0 Å². The van der Waals surface area contributed by atoms with Crippen molar-refractivity contribution in [2.75, 3.05) is 11.1 Å². The number of hydrogen-bond donors (Lipinski definition) is 1. The number of aromatic nitrogens is 2. The van der Waals surface area contributed by atoms with Crippen LogP contribution in [-0.2, 0) is 11.2 Å². The molecule has 162 valence electrons. The van der Waals surface area contributed by atoms with E-state index in [2.05, 4.69) is 10.3 Å². The molecule has 1 amide bonds. The van der Waals surface area contributed by atoms with E-state index in [-0.39, 0.29) is 22.5 Å². The molecule has 4 rings (SSSR count). The van der Waals surface area contributed by atoms with Crippen LogP contribution in [0.1, 0.15) is 12.5 Å². The van der Waals surface area contributed by atoms with Crippen LogP contribution in [0.2, 0.25) is 0 Å². The van der Waals surface area contributed by atoms with Crippen LogP contribution in [-0.4, -0.2) is 21.2 Å². The molecule has 1 N–H and O–H groups in total. The fourth-order valence-corrected chi connectivity index (χ4v) is 4.04. The first-order valence-corrected chi connectivity index (χ1v) is 10.9. The molecule has 1 heterocycles. The van der Waals surface area contributed by atoms with Gasteiger partial charge in [0.2, 0.25) is 5.91 Å². The van der Waals surface area contributed by atoms with Crippen molar-refractivity contribution in [3.05, 3.63) is 94.3 Å². The van der Waals surface area contributed by atoms with Crippen molar-refractivity contribution in [3.8, 4) is 5.69 Å². The zero-order chi connectivity index (χ0) is 22.7. The van der Waals surface area contributed by atoms with Crippen molar-refractivity contribution in [1.82, 2.24) is 9.55 Å². The van der Waals surface area contributed by atoms with E-state index in [1.807, 2.05) is 31.2 Å². The Hall–Kier alpha value is -3.52. The van der Waals surface area contributed by atoms with Crippen LogP contribution in [0.5, 0.6) is 0 Å². The Morgan fingerprint density at radius 1 is 1.06 bits per heavy atom. The number of carbonyl (C=O) groups excluding carboxylic acids is 1. The molecule has 0 aliphatic rings. The predicted octanol–water partition coefficient (Wildman–Crippen LogP) is 4.96. The number of benzene rings is 3. The van der Waals surface area contributed by atoms with Crippen molar-refractivity contribution < 1.29 is 13.6 Å². The fraction of sp³-hybridized carbons (Fsp3) is 0.125. The zero-order valence-electron chi connectivity index (χ0n) is 17.1. The monoisotopic (exact) mass is 451 g/mol. The number of nitrogens with one attached hydrogen (secondary N) is 1. The van der Waals surface area contributed by atoms with Gasteiger partial charge >= 0.3 is 0 Å². The topological polar surface area (TPSA) is 64.0 Å². The van der Waals surface area contributed by atoms with Crippen LogP contribution >= 0.6 is 11.8 Å². The SMILES string of the molecule is CCc1ccc(NC(=O)CSc2nc3ccccc3c(=O)n2-c2ccc(F)cc2F)cc1. The number of amides is 1. The molecule has 0 spiro atoms. The number of fused-ring (bicyclic) bond motifs is 1. The Kier molecular flexibility index (Phi) is 6.32. The molecule has 0 saturated heterocycles. The van der Waals surface area contributed by atoms with Crippen LogP contribution in [0.25, 0.3) is 16.6 Å². The molecule has 5 nitrogen and oxygen atoms in total. The van der Waals surface area contributed by atoms with Gasteiger partial charge in [0.05, 0.1) is 22.3 Å². The number of nitrogens with zero attached hydrogens (tertiary/aromatic N) is 2. The van der Waals surface area contributed by atoms with Gasteiger partial charge in [0.1, 0.15) is 11.6 Å². The van der Waals surface area contributed by atoms with E-state index in [1.54, 1.807) is 24.3 Å². The first-order chi connectivity index (χ1) is 15.5.